The van der Waals surface area contributed by atoms with Crippen molar-refractivity contribution in [1.29, 1.82) is 0 Å². The molecule has 1 aliphatic rings. The van der Waals surface area contributed by atoms with Crippen LogP contribution < -0.4 is 5.32 Å². The van der Waals surface area contributed by atoms with Crippen molar-refractivity contribution in [3.63, 3.8) is 0 Å². The van der Waals surface area contributed by atoms with E-state index in [1.54, 1.807) is 0 Å². The Labute approximate surface area is 113 Å². The van der Waals surface area contributed by atoms with Crippen LogP contribution in [0, 0.1) is 5.41 Å². The molecule has 0 saturated heterocycles. The number of para-hydroxylation sites is 1. The van der Waals surface area contributed by atoms with Gasteiger partial charge in [-0.15, -0.1) is 0 Å². The Hall–Kier alpha value is -1.77. The monoisotopic (exact) mass is 256 g/mol. The summed E-state index contributed by atoms with van der Waals surface area (Å²) in [4.78, 5) is 15.3. The van der Waals surface area contributed by atoms with Crippen molar-refractivity contribution in [2.45, 2.75) is 32.6 Å². The number of benzene rings is 1. The zero-order valence-corrected chi connectivity index (χ0v) is 11.3. The summed E-state index contributed by atoms with van der Waals surface area (Å²) in [5.41, 5.74) is 2.08. The molecule has 1 aromatic heterocycles. The van der Waals surface area contributed by atoms with Crippen molar-refractivity contribution in [1.82, 2.24) is 10.3 Å². The number of H-pyrrole nitrogens is 1. The van der Waals surface area contributed by atoms with Gasteiger partial charge in [0.25, 0.3) is 5.91 Å². The Morgan fingerprint density at radius 2 is 2.16 bits per heavy atom. The van der Waals surface area contributed by atoms with Gasteiger partial charge < -0.3 is 10.3 Å². The maximum absolute atomic E-state index is 12.2. The molecule has 3 rings (SSSR count). The van der Waals surface area contributed by atoms with E-state index in [0.717, 1.165) is 17.4 Å². The average Bonchev–Trinajstić information content (AvgIpc) is 3.04. The van der Waals surface area contributed by atoms with Crippen LogP contribution in [0.2, 0.25) is 0 Å². The highest BCUT2D eigenvalue weighted by molar-refractivity contribution is 5.97. The molecule has 0 spiro atoms. The van der Waals surface area contributed by atoms with Crippen LogP contribution in [0.5, 0.6) is 0 Å². The third-order valence-electron chi connectivity index (χ3n) is 4.14. The molecule has 1 heterocycles. The van der Waals surface area contributed by atoms with Gasteiger partial charge in [0.15, 0.2) is 0 Å². The van der Waals surface area contributed by atoms with Crippen LogP contribution in [0.1, 0.15) is 43.1 Å². The minimum absolute atomic E-state index is 0.0126. The molecular formula is C16H20N2O. The van der Waals surface area contributed by atoms with E-state index < -0.39 is 0 Å². The van der Waals surface area contributed by atoms with Crippen molar-refractivity contribution in [3.8, 4) is 0 Å². The molecule has 3 heteroatoms. The van der Waals surface area contributed by atoms with Gasteiger partial charge in [-0.1, -0.05) is 31.5 Å². The number of nitrogens with one attached hydrogen (secondary N) is 2. The van der Waals surface area contributed by atoms with E-state index in [9.17, 15) is 4.79 Å². The number of rotatable bonds is 5. The predicted octanol–water partition coefficient (Wildman–Crippen LogP) is 3.48. The summed E-state index contributed by atoms with van der Waals surface area (Å²) >= 11 is 0. The Balaban J connectivity index is 1.67. The SMILES string of the molecule is CCCC1(CNC(=O)c2cc3ccccc3[nH]2)CC1. The lowest BCUT2D eigenvalue weighted by molar-refractivity contribution is 0.0939. The van der Waals surface area contributed by atoms with E-state index in [0.29, 0.717) is 11.1 Å². The van der Waals surface area contributed by atoms with E-state index in [2.05, 4.69) is 17.2 Å². The topological polar surface area (TPSA) is 44.9 Å². The lowest BCUT2D eigenvalue weighted by atomic mass is 10.0. The second-order valence-corrected chi connectivity index (χ2v) is 5.70. The van der Waals surface area contributed by atoms with Crippen LogP contribution in [0.25, 0.3) is 10.9 Å². The van der Waals surface area contributed by atoms with E-state index >= 15 is 0 Å². The summed E-state index contributed by atoms with van der Waals surface area (Å²) in [7, 11) is 0. The Bertz CT molecular complexity index is 563. The second-order valence-electron chi connectivity index (χ2n) is 5.70. The van der Waals surface area contributed by atoms with Gasteiger partial charge in [-0.2, -0.15) is 0 Å². The molecule has 0 atom stereocenters. The Kier molecular flexibility index (Phi) is 3.05. The number of aromatic nitrogens is 1. The number of fused-ring (bicyclic) bond motifs is 1. The number of carbonyl (C=O) groups excluding carboxylic acids is 1. The zero-order chi connectivity index (χ0) is 13.3. The minimum Gasteiger partial charge on any atom is -0.351 e. The molecule has 0 unspecified atom stereocenters. The fourth-order valence-corrected chi connectivity index (χ4v) is 2.78. The smallest absolute Gasteiger partial charge is 0.267 e. The molecule has 100 valence electrons. The summed E-state index contributed by atoms with van der Waals surface area (Å²) < 4.78 is 0. The Morgan fingerprint density at radius 1 is 1.37 bits per heavy atom. The molecule has 0 aliphatic heterocycles. The number of carbonyl (C=O) groups is 1. The quantitative estimate of drug-likeness (QED) is 0.845. The third-order valence-corrected chi connectivity index (χ3v) is 4.14. The first-order chi connectivity index (χ1) is 9.22. The first kappa shape index (κ1) is 12.3. The Morgan fingerprint density at radius 3 is 2.84 bits per heavy atom. The number of hydrogen-bond donors (Lipinski definition) is 2. The highest BCUT2D eigenvalue weighted by atomic mass is 16.1. The van der Waals surface area contributed by atoms with E-state index in [1.165, 1.54) is 25.7 Å². The fraction of sp³-hybridized carbons (Fsp3) is 0.438. The lowest BCUT2D eigenvalue weighted by Gasteiger charge is -2.14. The molecule has 1 amide bonds. The maximum atomic E-state index is 12.2. The van der Waals surface area contributed by atoms with Crippen molar-refractivity contribution in [3.05, 3.63) is 36.0 Å². The van der Waals surface area contributed by atoms with E-state index in [-0.39, 0.29) is 5.91 Å². The molecule has 0 bridgehead atoms. The van der Waals surface area contributed by atoms with Gasteiger partial charge in [-0.25, -0.2) is 0 Å². The molecule has 3 nitrogen and oxygen atoms in total. The number of amides is 1. The third kappa shape index (κ3) is 2.50. The van der Waals surface area contributed by atoms with Gasteiger partial charge in [0.05, 0.1) is 0 Å². The van der Waals surface area contributed by atoms with Crippen LogP contribution in [0.3, 0.4) is 0 Å². The summed E-state index contributed by atoms with van der Waals surface area (Å²) in [6.45, 7) is 3.02. The summed E-state index contributed by atoms with van der Waals surface area (Å²) in [6.07, 6.45) is 4.93. The lowest BCUT2D eigenvalue weighted by Crippen LogP contribution is -2.30. The molecule has 1 aliphatic carbocycles. The van der Waals surface area contributed by atoms with Gasteiger partial charge in [-0.05, 0) is 36.8 Å². The average molecular weight is 256 g/mol. The number of aromatic amines is 1. The highest BCUT2D eigenvalue weighted by Gasteiger charge is 2.41. The zero-order valence-electron chi connectivity index (χ0n) is 11.3. The van der Waals surface area contributed by atoms with Crippen molar-refractivity contribution < 1.29 is 4.79 Å². The van der Waals surface area contributed by atoms with Crippen molar-refractivity contribution in [2.24, 2.45) is 5.41 Å². The second kappa shape index (κ2) is 4.72. The molecule has 1 aromatic carbocycles. The van der Waals surface area contributed by atoms with Crippen molar-refractivity contribution in [2.75, 3.05) is 6.54 Å². The van der Waals surface area contributed by atoms with Gasteiger partial charge in [0.2, 0.25) is 0 Å². The van der Waals surface area contributed by atoms with Crippen LogP contribution in [-0.2, 0) is 0 Å². The highest BCUT2D eigenvalue weighted by Crippen LogP contribution is 2.48. The van der Waals surface area contributed by atoms with Crippen LogP contribution >= 0.6 is 0 Å². The first-order valence-electron chi connectivity index (χ1n) is 7.08. The molecule has 2 aromatic rings. The molecular weight excluding hydrogens is 236 g/mol. The van der Waals surface area contributed by atoms with Crippen LogP contribution in [0.4, 0.5) is 0 Å². The number of hydrogen-bond acceptors (Lipinski definition) is 1. The molecule has 1 fully saturated rings. The predicted molar refractivity (Wildman–Crippen MR) is 77.2 cm³/mol. The molecule has 0 radical (unpaired) electrons. The van der Waals surface area contributed by atoms with Crippen LogP contribution in [-0.4, -0.2) is 17.4 Å². The van der Waals surface area contributed by atoms with Crippen molar-refractivity contribution >= 4 is 16.8 Å². The van der Waals surface area contributed by atoms with Gasteiger partial charge >= 0.3 is 0 Å². The van der Waals surface area contributed by atoms with Gasteiger partial charge in [-0.3, -0.25) is 4.79 Å². The minimum atomic E-state index is 0.0126. The first-order valence-corrected chi connectivity index (χ1v) is 7.08. The molecule has 2 N–H and O–H groups in total. The van der Waals surface area contributed by atoms with E-state index in [1.807, 2.05) is 30.3 Å². The van der Waals surface area contributed by atoms with E-state index in [4.69, 9.17) is 0 Å². The maximum Gasteiger partial charge on any atom is 0.267 e. The normalized spacial score (nSPS) is 16.5. The summed E-state index contributed by atoms with van der Waals surface area (Å²) in [5, 5.41) is 4.16. The van der Waals surface area contributed by atoms with Gasteiger partial charge in [0.1, 0.15) is 5.69 Å². The fourth-order valence-electron chi connectivity index (χ4n) is 2.78. The molecule has 19 heavy (non-hydrogen) atoms. The van der Waals surface area contributed by atoms with Gasteiger partial charge in [0, 0.05) is 17.4 Å². The largest absolute Gasteiger partial charge is 0.351 e. The summed E-state index contributed by atoms with van der Waals surface area (Å²) in [6, 6.07) is 9.89. The molecule has 1 saturated carbocycles. The van der Waals surface area contributed by atoms with Crippen LogP contribution in [0.15, 0.2) is 30.3 Å². The standard InChI is InChI=1S/C16H20N2O/c1-2-7-16(8-9-16)11-17-15(19)14-10-12-5-3-4-6-13(12)18-14/h3-6,10,18H,2,7-9,11H2,1H3,(H,17,19). The summed E-state index contributed by atoms with van der Waals surface area (Å²) in [5.74, 6) is 0.0126.